The lowest BCUT2D eigenvalue weighted by Gasteiger charge is -2.12. The van der Waals surface area contributed by atoms with Crippen LogP contribution in [-0.4, -0.2) is 29.2 Å². The number of rotatable bonds is 6. The highest BCUT2D eigenvalue weighted by Gasteiger charge is 2.07. The first-order valence-corrected chi connectivity index (χ1v) is 7.78. The number of methoxy groups -OCH3 is 1. The minimum absolute atomic E-state index is 0.121. The molecule has 7 nitrogen and oxygen atoms in total. The minimum atomic E-state index is -0.356. The molecule has 7 heteroatoms. The summed E-state index contributed by atoms with van der Waals surface area (Å²) in [6, 6.07) is 6.69. The fourth-order valence-corrected chi connectivity index (χ4v) is 2.20. The number of hydrogen-bond acceptors (Lipinski definition) is 4. The van der Waals surface area contributed by atoms with E-state index in [9.17, 15) is 9.59 Å². The van der Waals surface area contributed by atoms with Crippen LogP contribution >= 0.6 is 0 Å². The summed E-state index contributed by atoms with van der Waals surface area (Å²) in [5.74, 6) is 0.589. The Balaban J connectivity index is 1.90. The molecule has 2 N–H and O–H groups in total. The molecule has 128 valence electrons. The molecule has 0 fully saturated rings. The zero-order valence-electron chi connectivity index (χ0n) is 14.1. The van der Waals surface area contributed by atoms with Crippen LogP contribution < -0.4 is 20.9 Å². The SMILES string of the molecule is CCc1cc(=O)n(CCNC(=O)Nc2cc(C)ccc2OC)cn1. The van der Waals surface area contributed by atoms with Crippen molar-refractivity contribution in [1.82, 2.24) is 14.9 Å². The van der Waals surface area contributed by atoms with Crippen molar-refractivity contribution in [3.63, 3.8) is 0 Å². The van der Waals surface area contributed by atoms with E-state index in [2.05, 4.69) is 15.6 Å². The molecule has 1 aromatic heterocycles. The first kappa shape index (κ1) is 17.5. The van der Waals surface area contributed by atoms with E-state index >= 15 is 0 Å². The average Bonchev–Trinajstić information content (AvgIpc) is 2.56. The Morgan fingerprint density at radius 3 is 2.79 bits per heavy atom. The molecule has 0 aliphatic rings. The number of benzene rings is 1. The van der Waals surface area contributed by atoms with Gasteiger partial charge in [-0.2, -0.15) is 0 Å². The highest BCUT2D eigenvalue weighted by molar-refractivity contribution is 5.91. The second-order valence-electron chi connectivity index (χ2n) is 5.35. The molecule has 0 radical (unpaired) electrons. The van der Waals surface area contributed by atoms with Gasteiger partial charge in [0.25, 0.3) is 5.56 Å². The summed E-state index contributed by atoms with van der Waals surface area (Å²) in [5, 5.41) is 5.46. The molecule has 0 spiro atoms. The van der Waals surface area contributed by atoms with Crippen molar-refractivity contribution >= 4 is 11.7 Å². The highest BCUT2D eigenvalue weighted by Crippen LogP contribution is 2.24. The quantitative estimate of drug-likeness (QED) is 0.848. The molecular weight excluding hydrogens is 308 g/mol. The second kappa shape index (κ2) is 8.14. The van der Waals surface area contributed by atoms with Gasteiger partial charge in [0.05, 0.1) is 19.1 Å². The van der Waals surface area contributed by atoms with Gasteiger partial charge >= 0.3 is 6.03 Å². The van der Waals surface area contributed by atoms with Crippen molar-refractivity contribution in [2.75, 3.05) is 19.0 Å². The number of nitrogens with zero attached hydrogens (tertiary/aromatic N) is 2. The monoisotopic (exact) mass is 330 g/mol. The number of amides is 2. The maximum Gasteiger partial charge on any atom is 0.319 e. The summed E-state index contributed by atoms with van der Waals surface area (Å²) in [6.07, 6.45) is 2.22. The average molecular weight is 330 g/mol. The Morgan fingerprint density at radius 1 is 1.33 bits per heavy atom. The Morgan fingerprint density at radius 2 is 2.12 bits per heavy atom. The van der Waals surface area contributed by atoms with E-state index in [1.165, 1.54) is 17.0 Å². The van der Waals surface area contributed by atoms with E-state index in [4.69, 9.17) is 4.74 Å². The Hall–Kier alpha value is -2.83. The molecule has 1 heterocycles. The summed E-state index contributed by atoms with van der Waals surface area (Å²) in [7, 11) is 1.55. The van der Waals surface area contributed by atoms with E-state index in [0.29, 0.717) is 24.5 Å². The van der Waals surface area contributed by atoms with Gasteiger partial charge in [0.15, 0.2) is 0 Å². The number of hydrogen-bond donors (Lipinski definition) is 2. The van der Waals surface area contributed by atoms with Crippen molar-refractivity contribution in [1.29, 1.82) is 0 Å². The maximum atomic E-state index is 12.0. The molecule has 0 aliphatic heterocycles. The third-order valence-electron chi connectivity index (χ3n) is 3.54. The first-order chi connectivity index (χ1) is 11.5. The number of aryl methyl sites for hydroxylation is 2. The van der Waals surface area contributed by atoms with Gasteiger partial charge in [-0.15, -0.1) is 0 Å². The third kappa shape index (κ3) is 4.58. The molecule has 2 rings (SSSR count). The lowest BCUT2D eigenvalue weighted by molar-refractivity contribution is 0.251. The Labute approximate surface area is 140 Å². The van der Waals surface area contributed by atoms with Crippen molar-refractivity contribution in [2.24, 2.45) is 0 Å². The predicted octanol–water partition coefficient (Wildman–Crippen LogP) is 1.94. The van der Waals surface area contributed by atoms with Gasteiger partial charge in [0.1, 0.15) is 5.75 Å². The maximum absolute atomic E-state index is 12.0. The van der Waals surface area contributed by atoms with E-state index < -0.39 is 0 Å². The van der Waals surface area contributed by atoms with Gasteiger partial charge < -0.3 is 15.4 Å². The summed E-state index contributed by atoms with van der Waals surface area (Å²) in [6.45, 7) is 4.54. The van der Waals surface area contributed by atoms with Crippen molar-refractivity contribution < 1.29 is 9.53 Å². The summed E-state index contributed by atoms with van der Waals surface area (Å²) >= 11 is 0. The van der Waals surface area contributed by atoms with Crippen LogP contribution in [0.4, 0.5) is 10.5 Å². The van der Waals surface area contributed by atoms with Crippen LogP contribution in [0.1, 0.15) is 18.2 Å². The number of carbonyl (C=O) groups is 1. The van der Waals surface area contributed by atoms with E-state index in [-0.39, 0.29) is 11.6 Å². The van der Waals surface area contributed by atoms with Crippen LogP contribution in [0.5, 0.6) is 5.75 Å². The second-order valence-corrected chi connectivity index (χ2v) is 5.35. The molecule has 0 saturated carbocycles. The lowest BCUT2D eigenvalue weighted by Crippen LogP contribution is -2.33. The number of aromatic nitrogens is 2. The highest BCUT2D eigenvalue weighted by atomic mass is 16.5. The van der Waals surface area contributed by atoms with E-state index in [1.807, 2.05) is 26.0 Å². The number of anilines is 1. The van der Waals surface area contributed by atoms with Crippen LogP contribution in [0.3, 0.4) is 0 Å². The Bertz CT molecular complexity index is 771. The summed E-state index contributed by atoms with van der Waals surface area (Å²) < 4.78 is 6.68. The smallest absolute Gasteiger partial charge is 0.319 e. The molecular formula is C17H22N4O3. The van der Waals surface area contributed by atoms with E-state index in [0.717, 1.165) is 17.7 Å². The summed E-state index contributed by atoms with van der Waals surface area (Å²) in [5.41, 5.74) is 2.25. The molecule has 0 saturated heterocycles. The lowest BCUT2D eigenvalue weighted by atomic mass is 10.2. The van der Waals surface area contributed by atoms with Crippen LogP contribution in [0.25, 0.3) is 0 Å². The summed E-state index contributed by atoms with van der Waals surface area (Å²) in [4.78, 5) is 28.0. The first-order valence-electron chi connectivity index (χ1n) is 7.78. The van der Waals surface area contributed by atoms with Gasteiger partial charge in [-0.25, -0.2) is 9.78 Å². The molecule has 0 bridgehead atoms. The Kier molecular flexibility index (Phi) is 5.95. The van der Waals surface area contributed by atoms with Crippen LogP contribution in [-0.2, 0) is 13.0 Å². The largest absolute Gasteiger partial charge is 0.495 e. The number of ether oxygens (including phenoxy) is 1. The van der Waals surface area contributed by atoms with Crippen LogP contribution in [0.2, 0.25) is 0 Å². The van der Waals surface area contributed by atoms with Crippen molar-refractivity contribution in [3.05, 3.63) is 52.2 Å². The molecule has 24 heavy (non-hydrogen) atoms. The van der Waals surface area contributed by atoms with Crippen molar-refractivity contribution in [3.8, 4) is 5.75 Å². The van der Waals surface area contributed by atoms with Gasteiger partial charge in [-0.1, -0.05) is 13.0 Å². The fourth-order valence-electron chi connectivity index (χ4n) is 2.20. The number of nitrogens with one attached hydrogen (secondary N) is 2. The standard InChI is InChI=1S/C17H22N4O3/c1-4-13-10-16(22)21(11-19-13)8-7-18-17(23)20-14-9-12(2)5-6-15(14)24-3/h5-6,9-11H,4,7-8H2,1-3H3,(H2,18,20,23). The molecule has 0 unspecified atom stereocenters. The topological polar surface area (TPSA) is 85.2 Å². The fraction of sp³-hybridized carbons (Fsp3) is 0.353. The normalized spacial score (nSPS) is 10.3. The molecule has 0 atom stereocenters. The molecule has 1 aromatic carbocycles. The van der Waals surface area contributed by atoms with Gasteiger partial charge in [-0.05, 0) is 31.0 Å². The van der Waals surface area contributed by atoms with Gasteiger partial charge in [0, 0.05) is 24.8 Å². The number of urea groups is 1. The van der Waals surface area contributed by atoms with Crippen molar-refractivity contribution in [2.45, 2.75) is 26.8 Å². The molecule has 2 amide bonds. The molecule has 0 aliphatic carbocycles. The third-order valence-corrected chi connectivity index (χ3v) is 3.54. The van der Waals surface area contributed by atoms with E-state index in [1.54, 1.807) is 13.2 Å². The van der Waals surface area contributed by atoms with Gasteiger partial charge in [-0.3, -0.25) is 9.36 Å². The predicted molar refractivity (Wildman–Crippen MR) is 92.6 cm³/mol. The zero-order valence-corrected chi connectivity index (χ0v) is 14.1. The van der Waals surface area contributed by atoms with Crippen LogP contribution in [0, 0.1) is 6.92 Å². The zero-order chi connectivity index (χ0) is 17.5. The number of carbonyl (C=O) groups excluding carboxylic acids is 1. The van der Waals surface area contributed by atoms with Crippen LogP contribution in [0.15, 0.2) is 35.4 Å². The minimum Gasteiger partial charge on any atom is -0.495 e. The molecule has 2 aromatic rings. The van der Waals surface area contributed by atoms with Gasteiger partial charge in [0.2, 0.25) is 0 Å².